The number of hydrogen-bond donors (Lipinski definition) is 0. The van der Waals surface area contributed by atoms with E-state index in [1.807, 2.05) is 0 Å². The van der Waals surface area contributed by atoms with Gasteiger partial charge in [0.1, 0.15) is 12.6 Å². The molecule has 0 radical (unpaired) electrons. The van der Waals surface area contributed by atoms with E-state index in [1.165, 1.54) is 141 Å². The summed E-state index contributed by atoms with van der Waals surface area (Å²) in [6, 6.07) is -0.729. The van der Waals surface area contributed by atoms with E-state index < -0.39 is 18.1 Å². The van der Waals surface area contributed by atoms with E-state index in [0.717, 1.165) is 77.0 Å². The Balaban J connectivity index is 4.18. The van der Waals surface area contributed by atoms with Crippen LogP contribution in [0.5, 0.6) is 0 Å². The number of ether oxygens (including phenoxy) is 3. The van der Waals surface area contributed by atoms with Gasteiger partial charge in [0, 0.05) is 19.3 Å². The fourth-order valence-corrected chi connectivity index (χ4v) is 8.24. The van der Waals surface area contributed by atoms with Gasteiger partial charge in [0.25, 0.3) is 0 Å². The summed E-state index contributed by atoms with van der Waals surface area (Å²) in [5.74, 6) is -1.74. The number of likely N-dealkylation sites (N-methyl/N-ethyl adjacent to an activating group) is 1. The Morgan fingerprint density at radius 1 is 0.470 bits per heavy atom. The van der Waals surface area contributed by atoms with Crippen molar-refractivity contribution in [3.05, 3.63) is 48.6 Å². The minimum Gasteiger partial charge on any atom is -0.544 e. The minimum absolute atomic E-state index is 0.0364. The Morgan fingerprint density at radius 3 is 1.26 bits per heavy atom. The number of rotatable bonds is 50. The first kappa shape index (κ1) is 63.3. The standard InChI is InChI=1S/C58H105NO7/c1-6-8-10-12-14-16-18-20-22-24-26-27-28-29-31-32-34-36-38-40-42-44-46-48-56(60)65-53-54(52-64-51-50-55(58(62)63)59(3,4)5)66-57(61)49-47-45-43-41-39-37-35-33-30-25-23-21-19-17-15-13-11-9-7-2/h9,11,15,17,21,23,30,33,54-55H,6-8,10,12-14,16,18-20,22,24-29,31-32,34-53H2,1-5H3/b11-9+,17-15+,23-21+,33-30+. The molecular weight excluding hydrogens is 823 g/mol. The average molecular weight is 928 g/mol. The maximum atomic E-state index is 12.8. The van der Waals surface area contributed by atoms with E-state index in [9.17, 15) is 19.5 Å². The van der Waals surface area contributed by atoms with Crippen molar-refractivity contribution < 1.29 is 38.2 Å². The van der Waals surface area contributed by atoms with E-state index in [4.69, 9.17) is 14.2 Å². The summed E-state index contributed by atoms with van der Waals surface area (Å²) in [6.45, 7) is 4.57. The van der Waals surface area contributed by atoms with Crippen molar-refractivity contribution in [2.24, 2.45) is 0 Å². The highest BCUT2D eigenvalue weighted by atomic mass is 16.6. The highest BCUT2D eigenvalue weighted by Crippen LogP contribution is 2.17. The smallest absolute Gasteiger partial charge is 0.306 e. The third kappa shape index (κ3) is 46.4. The summed E-state index contributed by atoms with van der Waals surface area (Å²) in [5.41, 5.74) is 0. The fourth-order valence-electron chi connectivity index (χ4n) is 8.24. The first-order chi connectivity index (χ1) is 32.1. The second-order valence-electron chi connectivity index (χ2n) is 19.8. The molecule has 0 aliphatic carbocycles. The zero-order chi connectivity index (χ0) is 48.4. The third-order valence-electron chi connectivity index (χ3n) is 12.5. The van der Waals surface area contributed by atoms with Crippen molar-refractivity contribution in [1.82, 2.24) is 0 Å². The molecule has 0 saturated heterocycles. The lowest BCUT2D eigenvalue weighted by atomic mass is 10.0. The van der Waals surface area contributed by atoms with Gasteiger partial charge >= 0.3 is 11.9 Å². The zero-order valence-corrected chi connectivity index (χ0v) is 43.9. The Kier molecular flexibility index (Phi) is 46.7. The number of carbonyl (C=O) groups is 3. The molecule has 0 rings (SSSR count). The third-order valence-corrected chi connectivity index (χ3v) is 12.5. The quantitative estimate of drug-likeness (QED) is 0.0259. The first-order valence-corrected chi connectivity index (χ1v) is 27.7. The molecule has 0 aromatic rings. The fraction of sp³-hybridized carbons (Fsp3) is 0.810. The SMILES string of the molecule is CC/C=C/C/C=C/C/C=C/C/C=C/CCCCCCCCC(=O)OC(COCCC(C(=O)[O-])[N+](C)(C)C)COC(=O)CCCCCCCCCCCCCCCCCCCCCCCCC. The summed E-state index contributed by atoms with van der Waals surface area (Å²) in [7, 11) is 5.42. The van der Waals surface area contributed by atoms with Crippen LogP contribution in [0.4, 0.5) is 0 Å². The number of unbranched alkanes of at least 4 members (excludes halogenated alkanes) is 28. The number of allylic oxidation sites excluding steroid dienone is 8. The van der Waals surface area contributed by atoms with Gasteiger partial charge in [-0.05, 0) is 51.4 Å². The molecule has 8 heteroatoms. The zero-order valence-electron chi connectivity index (χ0n) is 43.9. The van der Waals surface area contributed by atoms with Crippen LogP contribution in [-0.4, -0.2) is 75.5 Å². The number of quaternary nitrogens is 1. The minimum atomic E-state index is -1.13. The van der Waals surface area contributed by atoms with E-state index >= 15 is 0 Å². The number of hydrogen-bond acceptors (Lipinski definition) is 7. The van der Waals surface area contributed by atoms with Gasteiger partial charge in [-0.15, -0.1) is 0 Å². The molecule has 0 spiro atoms. The molecule has 8 nitrogen and oxygen atoms in total. The molecule has 0 aliphatic rings. The van der Waals surface area contributed by atoms with Gasteiger partial charge in [0.2, 0.25) is 0 Å². The van der Waals surface area contributed by atoms with Crippen LogP contribution in [0.25, 0.3) is 0 Å². The average Bonchev–Trinajstić information content (AvgIpc) is 3.28. The predicted octanol–water partition coefficient (Wildman–Crippen LogP) is 15.0. The van der Waals surface area contributed by atoms with Crippen molar-refractivity contribution in [3.63, 3.8) is 0 Å². The van der Waals surface area contributed by atoms with E-state index in [0.29, 0.717) is 12.8 Å². The molecule has 2 atom stereocenters. The van der Waals surface area contributed by atoms with Crippen LogP contribution in [-0.2, 0) is 28.6 Å². The van der Waals surface area contributed by atoms with Crippen molar-refractivity contribution >= 4 is 17.9 Å². The lowest BCUT2D eigenvalue weighted by Gasteiger charge is -2.34. The van der Waals surface area contributed by atoms with Gasteiger partial charge in [0.05, 0.1) is 40.3 Å². The Labute approximate surface area is 407 Å². The molecule has 0 heterocycles. The molecular formula is C58H105NO7. The van der Waals surface area contributed by atoms with Crippen LogP contribution < -0.4 is 5.11 Å². The number of carbonyl (C=O) groups excluding carboxylic acids is 3. The molecule has 0 N–H and O–H groups in total. The number of carboxylic acid groups (broad SMARTS) is 1. The summed E-state index contributed by atoms with van der Waals surface area (Å²) in [5, 5.41) is 11.7. The lowest BCUT2D eigenvalue weighted by molar-refractivity contribution is -0.889. The van der Waals surface area contributed by atoms with Crippen molar-refractivity contribution in [2.75, 3.05) is 41.0 Å². The van der Waals surface area contributed by atoms with Crippen LogP contribution in [0, 0.1) is 0 Å². The van der Waals surface area contributed by atoms with Crippen molar-refractivity contribution in [2.45, 2.75) is 264 Å². The maximum Gasteiger partial charge on any atom is 0.306 e. The Bertz CT molecular complexity index is 1220. The number of esters is 2. The predicted molar refractivity (Wildman–Crippen MR) is 277 cm³/mol. The molecule has 0 fully saturated rings. The molecule has 66 heavy (non-hydrogen) atoms. The number of nitrogens with zero attached hydrogens (tertiary/aromatic N) is 1. The second-order valence-corrected chi connectivity index (χ2v) is 19.8. The Hall–Kier alpha value is -2.71. The van der Waals surface area contributed by atoms with Crippen LogP contribution in [0.2, 0.25) is 0 Å². The summed E-state index contributed by atoms with van der Waals surface area (Å²) in [4.78, 5) is 37.1. The van der Waals surface area contributed by atoms with Crippen LogP contribution in [0.3, 0.4) is 0 Å². The summed E-state index contributed by atoms with van der Waals surface area (Å²) < 4.78 is 17.3. The van der Waals surface area contributed by atoms with Gasteiger partial charge in [0.15, 0.2) is 6.10 Å². The number of carboxylic acids is 1. The van der Waals surface area contributed by atoms with Crippen molar-refractivity contribution in [1.29, 1.82) is 0 Å². The van der Waals surface area contributed by atoms with E-state index in [2.05, 4.69) is 62.5 Å². The van der Waals surface area contributed by atoms with Gasteiger partial charge < -0.3 is 28.6 Å². The van der Waals surface area contributed by atoms with Gasteiger partial charge in [-0.2, -0.15) is 0 Å². The molecule has 0 saturated carbocycles. The van der Waals surface area contributed by atoms with Gasteiger partial charge in [-0.3, -0.25) is 9.59 Å². The van der Waals surface area contributed by atoms with Crippen LogP contribution >= 0.6 is 0 Å². The number of aliphatic carboxylic acids is 1. The lowest BCUT2D eigenvalue weighted by Crippen LogP contribution is -2.55. The van der Waals surface area contributed by atoms with Crippen LogP contribution in [0.1, 0.15) is 251 Å². The molecule has 0 aromatic heterocycles. The largest absolute Gasteiger partial charge is 0.544 e. The van der Waals surface area contributed by atoms with Crippen LogP contribution in [0.15, 0.2) is 48.6 Å². The first-order valence-electron chi connectivity index (χ1n) is 27.7. The maximum absolute atomic E-state index is 12.8. The van der Waals surface area contributed by atoms with Gasteiger partial charge in [-0.25, -0.2) is 0 Å². The molecule has 0 amide bonds. The highest BCUT2D eigenvalue weighted by Gasteiger charge is 2.25. The molecule has 0 aliphatic heterocycles. The molecule has 384 valence electrons. The van der Waals surface area contributed by atoms with Crippen molar-refractivity contribution in [3.8, 4) is 0 Å². The topological polar surface area (TPSA) is 102 Å². The normalized spacial score (nSPS) is 13.2. The molecule has 0 bridgehead atoms. The second kappa shape index (κ2) is 48.7. The molecule has 2 unspecified atom stereocenters. The summed E-state index contributed by atoms with van der Waals surface area (Å²) >= 11 is 0. The highest BCUT2D eigenvalue weighted by molar-refractivity contribution is 5.70. The monoisotopic (exact) mass is 928 g/mol. The van der Waals surface area contributed by atoms with Gasteiger partial charge in [-0.1, -0.05) is 229 Å². The van der Waals surface area contributed by atoms with E-state index in [1.54, 1.807) is 21.1 Å². The van der Waals surface area contributed by atoms with E-state index in [-0.39, 0.29) is 42.7 Å². The summed E-state index contributed by atoms with van der Waals surface area (Å²) in [6.07, 6.45) is 60.1. The Morgan fingerprint density at radius 2 is 0.848 bits per heavy atom. The molecule has 0 aromatic carbocycles.